The number of nitrogens with zero attached hydrogens (tertiary/aromatic N) is 4. The van der Waals surface area contributed by atoms with Crippen LogP contribution in [0, 0.1) is 5.92 Å². The number of Topliss-reactive ketones (excluding diaryl/α,β-unsaturated/α-hetero) is 1. The van der Waals surface area contributed by atoms with E-state index in [0.29, 0.717) is 19.0 Å². The van der Waals surface area contributed by atoms with Gasteiger partial charge in [0.25, 0.3) is 10.2 Å². The normalized spacial score (nSPS) is 25.5. The number of aryl methyl sites for hydroxylation is 1. The van der Waals surface area contributed by atoms with Crippen LogP contribution in [-0.2, 0) is 23.8 Å². The molecule has 3 fully saturated rings. The van der Waals surface area contributed by atoms with Crippen LogP contribution in [0.1, 0.15) is 35.8 Å². The van der Waals surface area contributed by atoms with Gasteiger partial charge in [0.15, 0.2) is 5.78 Å². The molecule has 2 atom stereocenters. The Hall–Kier alpha value is -1.22. The average molecular weight is 369 g/mol. The SMILES string of the molecule is CC(=O)c1cc(CN2CC3CCC2CN(S(=O)(=O)N(C)C)C3)n(C)c1. The summed E-state index contributed by atoms with van der Waals surface area (Å²) in [6, 6.07) is 2.18. The maximum Gasteiger partial charge on any atom is 0.281 e. The summed E-state index contributed by atoms with van der Waals surface area (Å²) in [6.07, 6.45) is 3.97. The van der Waals surface area contributed by atoms with E-state index in [1.54, 1.807) is 25.3 Å². The zero-order valence-corrected chi connectivity index (χ0v) is 16.3. The van der Waals surface area contributed by atoms with Gasteiger partial charge in [0.05, 0.1) is 0 Å². The third kappa shape index (κ3) is 3.67. The van der Waals surface area contributed by atoms with E-state index in [1.807, 2.05) is 23.9 Å². The summed E-state index contributed by atoms with van der Waals surface area (Å²) in [5, 5.41) is 0. The molecule has 0 aromatic carbocycles. The van der Waals surface area contributed by atoms with Crippen molar-refractivity contribution in [2.24, 2.45) is 13.0 Å². The van der Waals surface area contributed by atoms with Crippen molar-refractivity contribution in [1.29, 1.82) is 0 Å². The molecule has 1 aromatic heterocycles. The van der Waals surface area contributed by atoms with Crippen LogP contribution in [0.2, 0.25) is 0 Å². The van der Waals surface area contributed by atoms with Gasteiger partial charge in [-0.25, -0.2) is 0 Å². The van der Waals surface area contributed by atoms with Crippen LogP contribution >= 0.6 is 0 Å². The lowest BCUT2D eigenvalue weighted by Crippen LogP contribution is -2.46. The first-order valence-corrected chi connectivity index (χ1v) is 10.2. The molecule has 7 nitrogen and oxygen atoms in total. The minimum atomic E-state index is -3.37. The number of hydrogen-bond acceptors (Lipinski definition) is 4. The van der Waals surface area contributed by atoms with Gasteiger partial charge in [-0.05, 0) is 31.7 Å². The standard InChI is InChI=1S/C17H28N4O3S/c1-13(22)15-7-17(19(4)10-15)11-20-8-14-5-6-16(20)12-21(9-14)25(23,24)18(2)3/h7,10,14,16H,5-6,8-9,11-12H2,1-4H3. The first-order valence-electron chi connectivity index (χ1n) is 8.76. The summed E-state index contributed by atoms with van der Waals surface area (Å²) in [7, 11) is 1.77. The maximum atomic E-state index is 12.5. The van der Waals surface area contributed by atoms with Gasteiger partial charge in [0, 0.05) is 70.8 Å². The van der Waals surface area contributed by atoms with Gasteiger partial charge in [-0.1, -0.05) is 0 Å². The van der Waals surface area contributed by atoms with Crippen molar-refractivity contribution in [2.75, 3.05) is 33.7 Å². The fourth-order valence-electron chi connectivity index (χ4n) is 3.92. The number of fused-ring (bicyclic) bond motifs is 4. The highest BCUT2D eigenvalue weighted by Crippen LogP contribution is 2.31. The molecule has 4 heterocycles. The lowest BCUT2D eigenvalue weighted by atomic mass is 9.95. The van der Waals surface area contributed by atoms with Crippen LogP contribution in [0.25, 0.3) is 0 Å². The third-order valence-corrected chi connectivity index (χ3v) is 7.33. The van der Waals surface area contributed by atoms with Gasteiger partial charge >= 0.3 is 0 Å². The Morgan fingerprint density at radius 2 is 1.96 bits per heavy atom. The van der Waals surface area contributed by atoms with Gasteiger partial charge in [-0.2, -0.15) is 17.0 Å². The molecule has 2 unspecified atom stereocenters. The van der Waals surface area contributed by atoms with Crippen molar-refractivity contribution in [3.8, 4) is 0 Å². The number of ketones is 1. The molecule has 25 heavy (non-hydrogen) atoms. The molecule has 140 valence electrons. The second kappa shape index (κ2) is 6.83. The summed E-state index contributed by atoms with van der Waals surface area (Å²) >= 11 is 0. The van der Waals surface area contributed by atoms with E-state index in [-0.39, 0.29) is 11.8 Å². The summed E-state index contributed by atoms with van der Waals surface area (Å²) < 4.78 is 30.0. The molecule has 0 amide bonds. The Morgan fingerprint density at radius 1 is 1.24 bits per heavy atom. The van der Waals surface area contributed by atoms with E-state index >= 15 is 0 Å². The smallest absolute Gasteiger partial charge is 0.281 e. The van der Waals surface area contributed by atoms with E-state index in [0.717, 1.165) is 37.2 Å². The van der Waals surface area contributed by atoms with Crippen molar-refractivity contribution >= 4 is 16.0 Å². The quantitative estimate of drug-likeness (QED) is 0.725. The number of carbonyl (C=O) groups excluding carboxylic acids is 1. The minimum Gasteiger partial charge on any atom is -0.353 e. The number of aromatic nitrogens is 1. The topological polar surface area (TPSA) is 65.9 Å². The Balaban J connectivity index is 1.78. The van der Waals surface area contributed by atoms with Crippen LogP contribution in [-0.4, -0.2) is 72.0 Å². The molecule has 0 saturated carbocycles. The first kappa shape index (κ1) is 18.6. The predicted molar refractivity (Wildman–Crippen MR) is 96.5 cm³/mol. The van der Waals surface area contributed by atoms with Crippen molar-refractivity contribution in [2.45, 2.75) is 32.4 Å². The second-order valence-electron chi connectivity index (χ2n) is 7.52. The molecule has 0 radical (unpaired) electrons. The van der Waals surface area contributed by atoms with Gasteiger partial charge in [0.2, 0.25) is 0 Å². The van der Waals surface area contributed by atoms with Crippen LogP contribution in [0.5, 0.6) is 0 Å². The molecule has 2 bridgehead atoms. The molecule has 0 aliphatic carbocycles. The van der Waals surface area contributed by atoms with Gasteiger partial charge in [-0.15, -0.1) is 0 Å². The van der Waals surface area contributed by atoms with E-state index < -0.39 is 10.2 Å². The molecule has 1 aromatic rings. The molecule has 4 rings (SSSR count). The fourth-order valence-corrected chi connectivity index (χ4v) is 5.14. The van der Waals surface area contributed by atoms with Crippen LogP contribution in [0.4, 0.5) is 0 Å². The monoisotopic (exact) mass is 368 g/mol. The number of piperidine rings is 1. The summed E-state index contributed by atoms with van der Waals surface area (Å²) in [4.78, 5) is 14.0. The molecule has 0 spiro atoms. The zero-order chi connectivity index (χ0) is 18.4. The van der Waals surface area contributed by atoms with E-state index in [1.165, 1.54) is 4.31 Å². The minimum absolute atomic E-state index is 0.0717. The highest BCUT2D eigenvalue weighted by molar-refractivity contribution is 7.86. The predicted octanol–water partition coefficient (Wildman–Crippen LogP) is 0.930. The molecule has 3 saturated heterocycles. The highest BCUT2D eigenvalue weighted by Gasteiger charge is 2.39. The highest BCUT2D eigenvalue weighted by atomic mass is 32.2. The van der Waals surface area contributed by atoms with Crippen molar-refractivity contribution in [3.63, 3.8) is 0 Å². The molecule has 3 aliphatic rings. The zero-order valence-electron chi connectivity index (χ0n) is 15.5. The lowest BCUT2D eigenvalue weighted by Gasteiger charge is -2.36. The lowest BCUT2D eigenvalue weighted by molar-refractivity contribution is 0.101. The van der Waals surface area contributed by atoms with Crippen LogP contribution < -0.4 is 0 Å². The molecule has 8 heteroatoms. The van der Waals surface area contributed by atoms with E-state index in [4.69, 9.17) is 0 Å². The summed E-state index contributed by atoms with van der Waals surface area (Å²) in [5.41, 5.74) is 1.83. The Kier molecular flexibility index (Phi) is 5.07. The van der Waals surface area contributed by atoms with Gasteiger partial charge < -0.3 is 4.57 Å². The Bertz CT molecular complexity index is 756. The largest absolute Gasteiger partial charge is 0.353 e. The summed E-state index contributed by atoms with van der Waals surface area (Å²) in [5.74, 6) is 0.434. The fraction of sp³-hybridized carbons (Fsp3) is 0.706. The number of rotatable bonds is 5. The van der Waals surface area contributed by atoms with Crippen molar-refractivity contribution < 1.29 is 13.2 Å². The summed E-state index contributed by atoms with van der Waals surface area (Å²) in [6.45, 7) is 4.38. The van der Waals surface area contributed by atoms with E-state index in [9.17, 15) is 13.2 Å². The first-order chi connectivity index (χ1) is 11.7. The molecular weight excluding hydrogens is 340 g/mol. The Morgan fingerprint density at radius 3 is 2.56 bits per heavy atom. The molecule has 3 aliphatic heterocycles. The second-order valence-corrected chi connectivity index (χ2v) is 9.66. The maximum absolute atomic E-state index is 12.5. The van der Waals surface area contributed by atoms with Crippen LogP contribution in [0.15, 0.2) is 12.3 Å². The van der Waals surface area contributed by atoms with Crippen molar-refractivity contribution in [1.82, 2.24) is 18.1 Å². The van der Waals surface area contributed by atoms with Crippen molar-refractivity contribution in [3.05, 3.63) is 23.5 Å². The van der Waals surface area contributed by atoms with Crippen LogP contribution in [0.3, 0.4) is 0 Å². The average Bonchev–Trinajstić information content (AvgIpc) is 2.72. The van der Waals surface area contributed by atoms with Gasteiger partial charge in [-0.3, -0.25) is 9.69 Å². The number of carbonyl (C=O) groups is 1. The van der Waals surface area contributed by atoms with Gasteiger partial charge in [0.1, 0.15) is 0 Å². The molecule has 0 N–H and O–H groups in total. The molecular formula is C17H28N4O3S. The third-order valence-electron chi connectivity index (χ3n) is 5.46. The van der Waals surface area contributed by atoms with E-state index in [2.05, 4.69) is 4.90 Å². The Labute approximate surface area is 150 Å². The number of hydrogen-bond donors (Lipinski definition) is 0.